The first-order chi connectivity index (χ1) is 18.4. The monoisotopic (exact) mass is 557 g/mol. The minimum absolute atomic E-state index is 0.0155. The molecule has 0 amide bonds. The van der Waals surface area contributed by atoms with Crippen LogP contribution in [0.2, 0.25) is 0 Å². The van der Waals surface area contributed by atoms with Crippen LogP contribution in [0.4, 0.5) is 5.69 Å². The SMILES string of the molecule is Cc1ccc(S(=O)(=O)OCCOCCOCCOCCOCCOCCOc2ccc([N+](=O)[O-])cc2)cc1. The fraction of sp³-hybridized carbons (Fsp3) is 0.520. The lowest BCUT2D eigenvalue weighted by Gasteiger charge is -2.09. The number of nitro benzene ring substituents is 1. The third kappa shape index (κ3) is 13.8. The van der Waals surface area contributed by atoms with Gasteiger partial charge in [-0.2, -0.15) is 8.42 Å². The lowest BCUT2D eigenvalue weighted by molar-refractivity contribution is -0.384. The molecule has 13 heteroatoms. The molecule has 0 spiro atoms. The van der Waals surface area contributed by atoms with E-state index in [0.29, 0.717) is 71.8 Å². The number of hydrogen-bond donors (Lipinski definition) is 0. The highest BCUT2D eigenvalue weighted by molar-refractivity contribution is 7.86. The van der Waals surface area contributed by atoms with Crippen LogP contribution in [-0.4, -0.2) is 92.6 Å². The van der Waals surface area contributed by atoms with Crippen LogP contribution in [0.25, 0.3) is 0 Å². The van der Waals surface area contributed by atoms with Gasteiger partial charge in [-0.15, -0.1) is 0 Å². The average Bonchev–Trinajstić information content (AvgIpc) is 2.90. The molecule has 0 heterocycles. The van der Waals surface area contributed by atoms with Gasteiger partial charge in [-0.1, -0.05) is 17.7 Å². The summed E-state index contributed by atoms with van der Waals surface area (Å²) in [6.07, 6.45) is 0. The number of nitrogens with zero attached hydrogens (tertiary/aromatic N) is 1. The zero-order valence-electron chi connectivity index (χ0n) is 21.5. The van der Waals surface area contributed by atoms with Gasteiger partial charge in [0.15, 0.2) is 0 Å². The average molecular weight is 558 g/mol. The van der Waals surface area contributed by atoms with Crippen LogP contribution < -0.4 is 4.74 Å². The Labute approximate surface area is 223 Å². The number of ether oxygens (including phenoxy) is 6. The minimum Gasteiger partial charge on any atom is -0.491 e. The van der Waals surface area contributed by atoms with Crippen LogP contribution in [-0.2, 0) is 38.0 Å². The van der Waals surface area contributed by atoms with Gasteiger partial charge < -0.3 is 28.4 Å². The standard InChI is InChI=1S/C25H35NO11S/c1-22-2-8-25(9-3-22)38(29,30)37-21-19-35-17-15-33-13-11-31-10-12-32-14-16-34-18-20-36-24-6-4-23(5-7-24)26(27)28/h2-9H,10-21H2,1H3. The third-order valence-electron chi connectivity index (χ3n) is 4.81. The van der Waals surface area contributed by atoms with E-state index in [0.717, 1.165) is 5.56 Å². The van der Waals surface area contributed by atoms with Crippen molar-refractivity contribution in [1.82, 2.24) is 0 Å². The first kappa shape index (κ1) is 31.6. The van der Waals surface area contributed by atoms with E-state index >= 15 is 0 Å². The maximum atomic E-state index is 12.0. The summed E-state index contributed by atoms with van der Waals surface area (Å²) in [5.74, 6) is 0.543. The van der Waals surface area contributed by atoms with Gasteiger partial charge in [0.25, 0.3) is 15.8 Å². The summed E-state index contributed by atoms with van der Waals surface area (Å²) in [4.78, 5) is 10.3. The molecule has 0 saturated carbocycles. The summed E-state index contributed by atoms with van der Waals surface area (Å²) in [7, 11) is -3.78. The summed E-state index contributed by atoms with van der Waals surface area (Å²) in [6.45, 7) is 5.82. The molecule has 0 aromatic heterocycles. The van der Waals surface area contributed by atoms with Crippen molar-refractivity contribution in [2.75, 3.05) is 79.3 Å². The van der Waals surface area contributed by atoms with Gasteiger partial charge in [-0.3, -0.25) is 14.3 Å². The predicted octanol–water partition coefficient (Wildman–Crippen LogP) is 2.77. The molecule has 2 aromatic carbocycles. The molecule has 12 nitrogen and oxygen atoms in total. The number of hydrogen-bond acceptors (Lipinski definition) is 11. The highest BCUT2D eigenvalue weighted by Gasteiger charge is 2.14. The van der Waals surface area contributed by atoms with Gasteiger partial charge >= 0.3 is 0 Å². The summed E-state index contributed by atoms with van der Waals surface area (Å²) < 4.78 is 61.3. The maximum absolute atomic E-state index is 12.0. The third-order valence-corrected chi connectivity index (χ3v) is 6.13. The van der Waals surface area contributed by atoms with E-state index in [4.69, 9.17) is 32.6 Å². The van der Waals surface area contributed by atoms with Gasteiger partial charge in [0.1, 0.15) is 12.4 Å². The van der Waals surface area contributed by atoms with Crippen molar-refractivity contribution in [1.29, 1.82) is 0 Å². The topological polar surface area (TPSA) is 142 Å². The molecule has 0 N–H and O–H groups in total. The van der Waals surface area contributed by atoms with E-state index in [1.165, 1.54) is 24.3 Å². The Morgan fingerprint density at radius 3 is 1.50 bits per heavy atom. The zero-order valence-corrected chi connectivity index (χ0v) is 22.3. The molecule has 0 aliphatic heterocycles. The van der Waals surface area contributed by atoms with E-state index in [1.807, 2.05) is 6.92 Å². The molecule has 2 aromatic rings. The predicted molar refractivity (Wildman–Crippen MR) is 137 cm³/mol. The minimum atomic E-state index is -3.78. The van der Waals surface area contributed by atoms with Gasteiger partial charge in [-0.25, -0.2) is 0 Å². The van der Waals surface area contributed by atoms with E-state index in [1.54, 1.807) is 24.3 Å². The molecule has 0 aliphatic rings. The maximum Gasteiger partial charge on any atom is 0.297 e. The first-order valence-electron chi connectivity index (χ1n) is 12.1. The summed E-state index contributed by atoms with van der Waals surface area (Å²) in [6, 6.07) is 12.3. The Balaban J connectivity index is 1.30. The Kier molecular flexibility index (Phi) is 15.4. The first-order valence-corrected chi connectivity index (χ1v) is 13.5. The number of non-ortho nitro benzene ring substituents is 1. The van der Waals surface area contributed by atoms with Crippen molar-refractivity contribution in [3.05, 3.63) is 64.2 Å². The fourth-order valence-electron chi connectivity index (χ4n) is 2.84. The van der Waals surface area contributed by atoms with Crippen molar-refractivity contribution in [3.8, 4) is 5.75 Å². The normalized spacial score (nSPS) is 11.5. The number of benzene rings is 2. The second kappa shape index (κ2) is 18.6. The van der Waals surface area contributed by atoms with E-state index in [2.05, 4.69) is 0 Å². The van der Waals surface area contributed by atoms with Crippen LogP contribution >= 0.6 is 0 Å². The van der Waals surface area contributed by atoms with Gasteiger partial charge in [0, 0.05) is 12.1 Å². The Bertz CT molecular complexity index is 1010. The molecular weight excluding hydrogens is 522 g/mol. The van der Waals surface area contributed by atoms with Crippen molar-refractivity contribution >= 4 is 15.8 Å². The van der Waals surface area contributed by atoms with Gasteiger partial charge in [0.2, 0.25) is 0 Å². The zero-order chi connectivity index (χ0) is 27.5. The van der Waals surface area contributed by atoms with Crippen molar-refractivity contribution in [2.45, 2.75) is 11.8 Å². The number of nitro groups is 1. The molecule has 38 heavy (non-hydrogen) atoms. The lowest BCUT2D eigenvalue weighted by atomic mass is 10.2. The summed E-state index contributed by atoms with van der Waals surface area (Å²) >= 11 is 0. The second-order valence-corrected chi connectivity index (χ2v) is 9.37. The van der Waals surface area contributed by atoms with Crippen molar-refractivity contribution in [3.63, 3.8) is 0 Å². The Morgan fingerprint density at radius 2 is 1.05 bits per heavy atom. The molecule has 0 radical (unpaired) electrons. The number of rotatable bonds is 22. The molecule has 0 unspecified atom stereocenters. The number of aryl methyl sites for hydroxylation is 1. The van der Waals surface area contributed by atoms with E-state index < -0.39 is 15.0 Å². The molecule has 0 aliphatic carbocycles. The molecule has 2 rings (SSSR count). The molecule has 0 saturated heterocycles. The summed E-state index contributed by atoms with van der Waals surface area (Å²) in [5.41, 5.74) is 0.984. The Morgan fingerprint density at radius 1 is 0.632 bits per heavy atom. The van der Waals surface area contributed by atoms with E-state index in [-0.39, 0.29) is 23.8 Å². The highest BCUT2D eigenvalue weighted by atomic mass is 32.2. The highest BCUT2D eigenvalue weighted by Crippen LogP contribution is 2.17. The van der Waals surface area contributed by atoms with Crippen molar-refractivity contribution < 1.29 is 45.9 Å². The second-order valence-electron chi connectivity index (χ2n) is 7.75. The van der Waals surface area contributed by atoms with Crippen LogP contribution in [0.3, 0.4) is 0 Å². The van der Waals surface area contributed by atoms with Crippen LogP contribution in [0.15, 0.2) is 53.4 Å². The van der Waals surface area contributed by atoms with Crippen molar-refractivity contribution in [2.24, 2.45) is 0 Å². The quantitative estimate of drug-likeness (QED) is 0.0913. The van der Waals surface area contributed by atoms with Gasteiger partial charge in [0.05, 0.1) is 82.5 Å². The smallest absolute Gasteiger partial charge is 0.297 e. The largest absolute Gasteiger partial charge is 0.491 e. The lowest BCUT2D eigenvalue weighted by Crippen LogP contribution is -2.15. The molecular formula is C25H35NO11S. The van der Waals surface area contributed by atoms with Gasteiger partial charge in [-0.05, 0) is 31.2 Å². The van der Waals surface area contributed by atoms with Crippen LogP contribution in [0, 0.1) is 17.0 Å². The molecule has 0 bridgehead atoms. The Hall–Kier alpha value is -2.65. The fourth-order valence-corrected chi connectivity index (χ4v) is 3.73. The molecule has 0 atom stereocenters. The van der Waals surface area contributed by atoms with E-state index in [9.17, 15) is 18.5 Å². The molecule has 0 fully saturated rings. The van der Waals surface area contributed by atoms with Crippen LogP contribution in [0.5, 0.6) is 5.75 Å². The molecule has 212 valence electrons. The summed E-state index contributed by atoms with van der Waals surface area (Å²) in [5, 5.41) is 10.6. The van der Waals surface area contributed by atoms with Crippen LogP contribution in [0.1, 0.15) is 5.56 Å².